The van der Waals surface area contributed by atoms with Crippen LogP contribution in [0.5, 0.6) is 0 Å². The molecule has 2 unspecified atom stereocenters. The second kappa shape index (κ2) is 7.33. The van der Waals surface area contributed by atoms with Gasteiger partial charge in [-0.1, -0.05) is 26.7 Å². The minimum atomic E-state index is -3.59. The summed E-state index contributed by atoms with van der Waals surface area (Å²) in [5.74, 6) is 0. The van der Waals surface area contributed by atoms with Gasteiger partial charge in [-0.25, -0.2) is 16.8 Å². The van der Waals surface area contributed by atoms with Gasteiger partial charge in [-0.05, 0) is 12.8 Å². The zero-order chi connectivity index (χ0) is 16.3. The van der Waals surface area contributed by atoms with Gasteiger partial charge < -0.3 is 0 Å². The lowest BCUT2D eigenvalue weighted by atomic mass is 10.00. The summed E-state index contributed by atoms with van der Waals surface area (Å²) in [5.41, 5.74) is 0. The van der Waals surface area contributed by atoms with Crippen molar-refractivity contribution < 1.29 is 16.8 Å². The van der Waals surface area contributed by atoms with Crippen molar-refractivity contribution >= 4 is 46.7 Å². The van der Waals surface area contributed by atoms with Gasteiger partial charge in [0, 0.05) is 21.1 Å². The molecule has 0 aromatic carbocycles. The second-order valence-electron chi connectivity index (χ2n) is 5.39. The molecule has 0 amide bonds. The molecule has 21 heavy (non-hydrogen) atoms. The fourth-order valence-corrected chi connectivity index (χ4v) is 7.70. The molecule has 0 saturated heterocycles. The molecule has 4 nitrogen and oxygen atoms in total. The first-order valence-corrected chi connectivity index (χ1v) is 11.3. The average Bonchev–Trinajstić information content (AvgIpc) is 2.89. The molecule has 0 bridgehead atoms. The van der Waals surface area contributed by atoms with Crippen LogP contribution in [0.3, 0.4) is 0 Å². The minimum absolute atomic E-state index is 0.0172. The summed E-state index contributed by atoms with van der Waals surface area (Å²) in [5, 5.41) is 1.78. The Hall–Kier alpha value is -0.270. The summed E-state index contributed by atoms with van der Waals surface area (Å²) in [6.45, 7) is 3.83. The highest BCUT2D eigenvalue weighted by Crippen LogP contribution is 2.31. The van der Waals surface area contributed by atoms with Gasteiger partial charge in [0.1, 0.15) is 15.7 Å². The third-order valence-electron chi connectivity index (χ3n) is 3.66. The fourth-order valence-electron chi connectivity index (χ4n) is 2.25. The van der Waals surface area contributed by atoms with Gasteiger partial charge in [0.15, 0.2) is 19.7 Å². The third-order valence-corrected chi connectivity index (χ3v) is 9.32. The molecular weight excluding hydrogens is 326 g/mol. The number of sulfone groups is 2. The van der Waals surface area contributed by atoms with Gasteiger partial charge in [-0.3, -0.25) is 0 Å². The lowest BCUT2D eigenvalue weighted by Crippen LogP contribution is -2.26. The van der Waals surface area contributed by atoms with Crippen molar-refractivity contribution in [3.05, 3.63) is 10.8 Å². The van der Waals surface area contributed by atoms with Gasteiger partial charge in [0.25, 0.3) is 0 Å². The molecule has 0 aliphatic rings. The zero-order valence-electron chi connectivity index (χ0n) is 13.0. The van der Waals surface area contributed by atoms with Crippen molar-refractivity contribution in [2.24, 2.45) is 0 Å². The molecule has 118 valence electrons. The predicted molar refractivity (Wildman–Crippen MR) is 93.2 cm³/mol. The van der Waals surface area contributed by atoms with E-state index in [1.165, 1.54) is 10.8 Å². The maximum absolute atomic E-state index is 12.6. The summed E-state index contributed by atoms with van der Waals surface area (Å²) in [6.07, 6.45) is 2.56. The van der Waals surface area contributed by atoms with Gasteiger partial charge in [0.2, 0.25) is 0 Å². The molecule has 2 atom stereocenters. The van der Waals surface area contributed by atoms with E-state index in [-0.39, 0.29) is 9.79 Å². The van der Waals surface area contributed by atoms with Crippen LogP contribution in [-0.2, 0) is 19.7 Å². The Bertz CT molecular complexity index is 608. The molecule has 0 radical (unpaired) electrons. The van der Waals surface area contributed by atoms with Crippen molar-refractivity contribution in [2.75, 3.05) is 0 Å². The largest absolute Gasteiger partial charge is 0.224 e. The Morgan fingerprint density at radius 3 is 1.52 bits per heavy atom. The van der Waals surface area contributed by atoms with Gasteiger partial charge in [0.05, 0.1) is 9.79 Å². The molecule has 1 aromatic heterocycles. The first-order valence-electron chi connectivity index (χ1n) is 7.23. The van der Waals surface area contributed by atoms with E-state index in [2.05, 4.69) is 0 Å². The van der Waals surface area contributed by atoms with Gasteiger partial charge in [-0.15, -0.1) is 11.3 Å². The molecule has 0 N–H and O–H groups in total. The van der Waals surface area contributed by atoms with Crippen molar-refractivity contribution in [1.82, 2.24) is 0 Å². The Kier molecular flexibility index (Phi) is 6.55. The first kappa shape index (κ1) is 18.8. The molecular formula is C12H22B2O4S3. The smallest absolute Gasteiger partial charge is 0.175 e. The predicted octanol–water partition coefficient (Wildman–Crippen LogP) is 0.814. The Labute approximate surface area is 134 Å². The summed E-state index contributed by atoms with van der Waals surface area (Å²) in [4.78, 5) is -0.0344. The zero-order valence-corrected chi connectivity index (χ0v) is 15.4. The van der Waals surface area contributed by atoms with Crippen LogP contribution in [0.2, 0.25) is 0 Å². The van der Waals surface area contributed by atoms with Gasteiger partial charge >= 0.3 is 0 Å². The second-order valence-corrected chi connectivity index (χ2v) is 10.8. The Morgan fingerprint density at radius 1 is 0.905 bits per heavy atom. The Balaban J connectivity index is 3.31. The lowest BCUT2D eigenvalue weighted by molar-refractivity contribution is 0.575. The molecule has 0 aliphatic heterocycles. The standard InChI is InChI=1S/C12H22B2O4S3/c1-3-5-11(13)20(15,16)9-7-19-8-10(9)21(17,18)12(14)6-4-2/h7-8,11-12H,3-6,13-14H2,1-2H3. The molecule has 0 saturated carbocycles. The maximum atomic E-state index is 12.6. The molecule has 0 spiro atoms. The lowest BCUT2D eigenvalue weighted by Gasteiger charge is -2.15. The van der Waals surface area contributed by atoms with Crippen LogP contribution >= 0.6 is 11.3 Å². The van der Waals surface area contributed by atoms with E-state index in [1.807, 2.05) is 13.8 Å². The Morgan fingerprint density at radius 2 is 1.24 bits per heavy atom. The highest BCUT2D eigenvalue weighted by atomic mass is 32.2. The van der Waals surface area contributed by atoms with E-state index >= 15 is 0 Å². The van der Waals surface area contributed by atoms with E-state index < -0.39 is 30.0 Å². The molecule has 1 heterocycles. The molecule has 1 aromatic rings. The van der Waals surface area contributed by atoms with E-state index in [0.717, 1.165) is 24.2 Å². The van der Waals surface area contributed by atoms with Gasteiger partial charge in [-0.2, -0.15) is 0 Å². The minimum Gasteiger partial charge on any atom is -0.224 e. The molecule has 1 rings (SSSR count). The average molecular weight is 348 g/mol. The van der Waals surface area contributed by atoms with E-state index in [0.29, 0.717) is 12.8 Å². The van der Waals surface area contributed by atoms with Crippen molar-refractivity contribution in [3.63, 3.8) is 0 Å². The van der Waals surface area contributed by atoms with Crippen LogP contribution in [0.15, 0.2) is 20.6 Å². The van der Waals surface area contributed by atoms with Crippen molar-refractivity contribution in [3.8, 4) is 0 Å². The van der Waals surface area contributed by atoms with Crippen molar-refractivity contribution in [2.45, 2.75) is 59.6 Å². The quantitative estimate of drug-likeness (QED) is 0.653. The van der Waals surface area contributed by atoms with Crippen molar-refractivity contribution in [1.29, 1.82) is 0 Å². The SMILES string of the molecule is BC(CCC)S(=O)(=O)c1cscc1S(=O)(=O)C(B)CCC. The maximum Gasteiger partial charge on any atom is 0.175 e. The van der Waals surface area contributed by atoms with Crippen LogP contribution in [0.4, 0.5) is 0 Å². The molecule has 0 aliphatic carbocycles. The van der Waals surface area contributed by atoms with Crippen LogP contribution in [0.25, 0.3) is 0 Å². The number of rotatable bonds is 8. The van der Waals surface area contributed by atoms with Crippen LogP contribution < -0.4 is 0 Å². The fraction of sp³-hybridized carbons (Fsp3) is 0.667. The third kappa shape index (κ3) is 3.93. The van der Waals surface area contributed by atoms with E-state index in [4.69, 9.17) is 0 Å². The van der Waals surface area contributed by atoms with Crippen LogP contribution in [0.1, 0.15) is 39.5 Å². The monoisotopic (exact) mass is 348 g/mol. The van der Waals surface area contributed by atoms with Crippen LogP contribution in [-0.4, -0.2) is 42.8 Å². The normalized spacial score (nSPS) is 15.7. The summed E-state index contributed by atoms with van der Waals surface area (Å²) in [6, 6.07) is 0. The highest BCUT2D eigenvalue weighted by Gasteiger charge is 2.33. The number of hydrogen-bond acceptors (Lipinski definition) is 5. The molecule has 0 fully saturated rings. The van der Waals surface area contributed by atoms with Crippen LogP contribution in [0, 0.1) is 0 Å². The topological polar surface area (TPSA) is 68.3 Å². The van der Waals surface area contributed by atoms with E-state index in [9.17, 15) is 16.8 Å². The van der Waals surface area contributed by atoms with E-state index in [1.54, 1.807) is 15.7 Å². The molecule has 9 heteroatoms. The number of hydrogen-bond donors (Lipinski definition) is 0. The highest BCUT2D eigenvalue weighted by molar-refractivity contribution is 7.96. The summed E-state index contributed by atoms with van der Waals surface area (Å²) < 4.78 is 50.3. The first-order chi connectivity index (χ1) is 9.69. The summed E-state index contributed by atoms with van der Waals surface area (Å²) >= 11 is 1.13. The number of thiophene rings is 1. The summed E-state index contributed by atoms with van der Waals surface area (Å²) in [7, 11) is -3.90.